The average Bonchev–Trinajstić information content (AvgIpc) is 2.67. The highest BCUT2D eigenvalue weighted by molar-refractivity contribution is 5.29. The fourth-order valence-corrected chi connectivity index (χ4v) is 1.04. The maximum absolute atomic E-state index is 12.6. The smallest absolute Gasteiger partial charge is 0.123 e. The molecule has 1 aromatic carbocycles. The molecule has 86 valence electrons. The first kappa shape index (κ1) is 12.4. The Morgan fingerprint density at radius 2 is 1.75 bits per heavy atom. The number of hydrogen-bond acceptors (Lipinski definition) is 2. The van der Waals surface area contributed by atoms with E-state index in [1.54, 1.807) is 18.3 Å². The molecular formula is C12H16FN3. The molecule has 0 aliphatic rings. The van der Waals surface area contributed by atoms with Crippen LogP contribution in [0.1, 0.15) is 26.0 Å². The summed E-state index contributed by atoms with van der Waals surface area (Å²) in [6.07, 6.45) is 2.91. The second kappa shape index (κ2) is 6.00. The van der Waals surface area contributed by atoms with Gasteiger partial charge in [0, 0.05) is 0 Å². The molecule has 4 heteroatoms. The maximum Gasteiger partial charge on any atom is 0.123 e. The second-order valence-electron chi connectivity index (χ2n) is 3.46. The molecule has 1 aromatic heterocycles. The van der Waals surface area contributed by atoms with Crippen LogP contribution in [0.5, 0.6) is 0 Å². The topological polar surface area (TPSA) is 30.7 Å². The summed E-state index contributed by atoms with van der Waals surface area (Å²) in [6, 6.07) is 6.03. The van der Waals surface area contributed by atoms with Crippen LogP contribution in [-0.4, -0.2) is 15.0 Å². The van der Waals surface area contributed by atoms with E-state index in [2.05, 4.69) is 24.0 Å². The molecule has 2 aromatic rings. The normalized spacial score (nSPS) is 9.50. The molecule has 2 rings (SSSR count). The summed E-state index contributed by atoms with van der Waals surface area (Å²) in [7, 11) is 0. The van der Waals surface area contributed by atoms with E-state index in [0.717, 1.165) is 11.4 Å². The lowest BCUT2D eigenvalue weighted by Crippen LogP contribution is -1.98. The molecule has 0 fully saturated rings. The summed E-state index contributed by atoms with van der Waals surface area (Å²) in [5, 5.41) is 8.09. The van der Waals surface area contributed by atoms with Crippen LogP contribution in [0, 0.1) is 12.7 Å². The van der Waals surface area contributed by atoms with Crippen molar-refractivity contribution in [1.29, 1.82) is 0 Å². The molecule has 0 saturated carbocycles. The fraction of sp³-hybridized carbons (Fsp3) is 0.333. The number of hydrogen-bond donors (Lipinski definition) is 0. The number of aromatic nitrogens is 3. The summed E-state index contributed by atoms with van der Waals surface area (Å²) >= 11 is 0. The van der Waals surface area contributed by atoms with Crippen LogP contribution in [0.25, 0.3) is 5.69 Å². The monoisotopic (exact) mass is 221 g/mol. The van der Waals surface area contributed by atoms with Gasteiger partial charge in [-0.1, -0.05) is 20.3 Å². The van der Waals surface area contributed by atoms with Crippen LogP contribution in [-0.2, 0) is 0 Å². The Morgan fingerprint density at radius 3 is 2.19 bits per heavy atom. The molecule has 0 N–H and O–H groups in total. The van der Waals surface area contributed by atoms with Crippen molar-refractivity contribution in [2.45, 2.75) is 27.2 Å². The molecule has 0 aliphatic carbocycles. The van der Waals surface area contributed by atoms with Gasteiger partial charge in [0.2, 0.25) is 0 Å². The molecule has 0 saturated heterocycles. The van der Waals surface area contributed by atoms with Crippen molar-refractivity contribution in [2.75, 3.05) is 0 Å². The minimum atomic E-state index is -0.257. The van der Waals surface area contributed by atoms with Gasteiger partial charge in [-0.2, -0.15) is 15.0 Å². The van der Waals surface area contributed by atoms with Crippen molar-refractivity contribution in [1.82, 2.24) is 15.0 Å². The van der Waals surface area contributed by atoms with Gasteiger partial charge in [0.25, 0.3) is 0 Å². The molecule has 0 spiro atoms. The average molecular weight is 221 g/mol. The van der Waals surface area contributed by atoms with E-state index in [4.69, 9.17) is 0 Å². The van der Waals surface area contributed by atoms with Crippen LogP contribution < -0.4 is 0 Å². The summed E-state index contributed by atoms with van der Waals surface area (Å²) in [4.78, 5) is 1.47. The highest BCUT2D eigenvalue weighted by Crippen LogP contribution is 2.06. The van der Waals surface area contributed by atoms with Gasteiger partial charge in [0.1, 0.15) is 5.82 Å². The summed E-state index contributed by atoms with van der Waals surface area (Å²) < 4.78 is 12.6. The highest BCUT2D eigenvalue weighted by atomic mass is 19.1. The molecule has 0 amide bonds. The lowest BCUT2D eigenvalue weighted by Gasteiger charge is -1.97. The highest BCUT2D eigenvalue weighted by Gasteiger charge is 1.98. The third-order valence-electron chi connectivity index (χ3n) is 1.66. The van der Waals surface area contributed by atoms with E-state index in [1.807, 2.05) is 6.92 Å². The Balaban J connectivity index is 0.000000386. The van der Waals surface area contributed by atoms with E-state index in [9.17, 15) is 4.39 Å². The standard InChI is InChI=1S/C9H8FN3.C3H8/c1-7-6-11-13(12-7)9-4-2-8(10)3-5-9;1-3-2/h2-6H,1H3;3H2,1-2H3. The molecule has 1 heterocycles. The number of rotatable bonds is 1. The lowest BCUT2D eigenvalue weighted by atomic mass is 10.3. The quantitative estimate of drug-likeness (QED) is 0.740. The Hall–Kier alpha value is -1.71. The summed E-state index contributed by atoms with van der Waals surface area (Å²) in [5.41, 5.74) is 1.60. The van der Waals surface area contributed by atoms with Crippen molar-refractivity contribution >= 4 is 0 Å². The van der Waals surface area contributed by atoms with E-state index < -0.39 is 0 Å². The zero-order valence-electron chi connectivity index (χ0n) is 9.81. The minimum Gasteiger partial charge on any atom is -0.207 e. The molecule has 0 atom stereocenters. The van der Waals surface area contributed by atoms with Gasteiger partial charge in [0.15, 0.2) is 0 Å². The van der Waals surface area contributed by atoms with Crippen molar-refractivity contribution in [3.63, 3.8) is 0 Å². The first-order valence-corrected chi connectivity index (χ1v) is 5.32. The third kappa shape index (κ3) is 3.46. The Bertz CT molecular complexity index is 420. The SMILES string of the molecule is CCC.Cc1cnn(-c2ccc(F)cc2)n1. The van der Waals surface area contributed by atoms with Crippen molar-refractivity contribution in [3.05, 3.63) is 42.0 Å². The fourth-order valence-electron chi connectivity index (χ4n) is 1.04. The number of nitrogens with zero attached hydrogens (tertiary/aromatic N) is 3. The summed E-state index contributed by atoms with van der Waals surface area (Å²) in [6.45, 7) is 6.10. The van der Waals surface area contributed by atoms with E-state index >= 15 is 0 Å². The van der Waals surface area contributed by atoms with Gasteiger partial charge in [-0.15, -0.1) is 0 Å². The molecular weight excluding hydrogens is 205 g/mol. The molecule has 0 unspecified atom stereocenters. The van der Waals surface area contributed by atoms with Gasteiger partial charge in [-0.05, 0) is 31.2 Å². The third-order valence-corrected chi connectivity index (χ3v) is 1.66. The zero-order chi connectivity index (χ0) is 12.0. The molecule has 3 nitrogen and oxygen atoms in total. The molecule has 0 bridgehead atoms. The van der Waals surface area contributed by atoms with Crippen LogP contribution >= 0.6 is 0 Å². The van der Waals surface area contributed by atoms with Crippen LogP contribution in [0.4, 0.5) is 4.39 Å². The van der Waals surface area contributed by atoms with Gasteiger partial charge >= 0.3 is 0 Å². The Morgan fingerprint density at radius 1 is 1.19 bits per heavy atom. The molecule has 0 radical (unpaired) electrons. The van der Waals surface area contributed by atoms with Crippen molar-refractivity contribution in [3.8, 4) is 5.69 Å². The van der Waals surface area contributed by atoms with E-state index in [0.29, 0.717) is 0 Å². The van der Waals surface area contributed by atoms with Gasteiger partial charge < -0.3 is 0 Å². The minimum absolute atomic E-state index is 0.257. The Labute approximate surface area is 94.9 Å². The van der Waals surface area contributed by atoms with Crippen molar-refractivity contribution in [2.24, 2.45) is 0 Å². The van der Waals surface area contributed by atoms with Crippen LogP contribution in [0.3, 0.4) is 0 Å². The van der Waals surface area contributed by atoms with Crippen LogP contribution in [0.2, 0.25) is 0 Å². The van der Waals surface area contributed by atoms with Gasteiger partial charge in [-0.25, -0.2) is 4.39 Å². The first-order valence-electron chi connectivity index (χ1n) is 5.32. The number of halogens is 1. The largest absolute Gasteiger partial charge is 0.207 e. The number of benzene rings is 1. The zero-order valence-corrected chi connectivity index (χ0v) is 9.81. The molecule has 0 aliphatic heterocycles. The van der Waals surface area contributed by atoms with Gasteiger partial charge in [-0.3, -0.25) is 0 Å². The van der Waals surface area contributed by atoms with E-state index in [1.165, 1.54) is 23.4 Å². The van der Waals surface area contributed by atoms with Gasteiger partial charge in [0.05, 0.1) is 17.6 Å². The second-order valence-corrected chi connectivity index (χ2v) is 3.46. The maximum atomic E-state index is 12.6. The predicted octanol–water partition coefficient (Wildman–Crippen LogP) is 3.13. The Kier molecular flexibility index (Phi) is 4.64. The van der Waals surface area contributed by atoms with Crippen molar-refractivity contribution < 1.29 is 4.39 Å². The number of aryl methyl sites for hydroxylation is 1. The molecule has 16 heavy (non-hydrogen) atoms. The van der Waals surface area contributed by atoms with Crippen LogP contribution in [0.15, 0.2) is 30.5 Å². The summed E-state index contributed by atoms with van der Waals surface area (Å²) in [5.74, 6) is -0.257. The predicted molar refractivity (Wildman–Crippen MR) is 62.0 cm³/mol. The lowest BCUT2D eigenvalue weighted by molar-refractivity contribution is 0.626. The van der Waals surface area contributed by atoms with E-state index in [-0.39, 0.29) is 5.82 Å². The first-order chi connectivity index (χ1) is 7.67.